The Kier molecular flexibility index (Phi) is 5.63. The SMILES string of the molecule is CCc1[nH]c2c(F)ccc(OCC(=O)O)c2c(=O)c1Cc1ccc(OC)cc1. The van der Waals surface area contributed by atoms with Crippen LogP contribution in [0.2, 0.25) is 0 Å². The Morgan fingerprint density at radius 2 is 1.89 bits per heavy atom. The normalized spacial score (nSPS) is 10.8. The molecule has 0 bridgehead atoms. The van der Waals surface area contributed by atoms with E-state index in [9.17, 15) is 14.0 Å². The van der Waals surface area contributed by atoms with Gasteiger partial charge in [0.15, 0.2) is 12.0 Å². The highest BCUT2D eigenvalue weighted by Crippen LogP contribution is 2.26. The molecule has 7 heteroatoms. The predicted molar refractivity (Wildman–Crippen MR) is 103 cm³/mol. The molecule has 0 unspecified atom stereocenters. The van der Waals surface area contributed by atoms with E-state index in [1.807, 2.05) is 19.1 Å². The van der Waals surface area contributed by atoms with E-state index in [-0.39, 0.29) is 22.1 Å². The lowest BCUT2D eigenvalue weighted by atomic mass is 9.99. The van der Waals surface area contributed by atoms with Crippen molar-refractivity contribution < 1.29 is 23.8 Å². The molecule has 0 aliphatic heterocycles. The van der Waals surface area contributed by atoms with E-state index in [1.54, 1.807) is 19.2 Å². The third-order valence-corrected chi connectivity index (χ3v) is 4.50. The Bertz CT molecular complexity index is 1070. The number of pyridine rings is 1. The van der Waals surface area contributed by atoms with Crippen molar-refractivity contribution in [2.24, 2.45) is 0 Å². The molecule has 0 saturated heterocycles. The number of carboxylic acids is 1. The molecule has 0 aliphatic carbocycles. The number of halogens is 1. The second kappa shape index (κ2) is 8.12. The second-order valence-corrected chi connectivity index (χ2v) is 6.27. The molecule has 3 aromatic rings. The maximum atomic E-state index is 14.3. The third-order valence-electron chi connectivity index (χ3n) is 4.50. The summed E-state index contributed by atoms with van der Waals surface area (Å²) in [6.45, 7) is 1.25. The Balaban J connectivity index is 2.15. The number of fused-ring (bicyclic) bond motifs is 1. The number of H-pyrrole nitrogens is 1. The molecule has 3 rings (SSSR count). The van der Waals surface area contributed by atoms with Crippen LogP contribution in [0.3, 0.4) is 0 Å². The van der Waals surface area contributed by atoms with Gasteiger partial charge in [-0.3, -0.25) is 4.79 Å². The summed E-state index contributed by atoms with van der Waals surface area (Å²) in [5.41, 5.74) is 1.66. The van der Waals surface area contributed by atoms with Crippen LogP contribution in [-0.2, 0) is 17.6 Å². The van der Waals surface area contributed by atoms with Crippen molar-refractivity contribution in [1.29, 1.82) is 0 Å². The molecular formula is C21H20FNO5. The van der Waals surface area contributed by atoms with Crippen LogP contribution in [0.5, 0.6) is 11.5 Å². The predicted octanol–water partition coefficient (Wildman–Crippen LogP) is 3.29. The number of benzene rings is 2. The smallest absolute Gasteiger partial charge is 0.341 e. The summed E-state index contributed by atoms with van der Waals surface area (Å²) in [5, 5.41) is 8.87. The molecule has 2 N–H and O–H groups in total. The van der Waals surface area contributed by atoms with Crippen LogP contribution in [0.4, 0.5) is 4.39 Å². The third kappa shape index (κ3) is 3.83. The quantitative estimate of drug-likeness (QED) is 0.652. The molecule has 0 atom stereocenters. The van der Waals surface area contributed by atoms with Gasteiger partial charge in [-0.2, -0.15) is 0 Å². The summed E-state index contributed by atoms with van der Waals surface area (Å²) in [6.07, 6.45) is 0.851. The lowest BCUT2D eigenvalue weighted by Crippen LogP contribution is -2.18. The van der Waals surface area contributed by atoms with E-state index in [0.717, 1.165) is 11.6 Å². The number of ether oxygens (including phenoxy) is 2. The van der Waals surface area contributed by atoms with Crippen LogP contribution in [0, 0.1) is 5.82 Å². The van der Waals surface area contributed by atoms with Gasteiger partial charge in [-0.25, -0.2) is 9.18 Å². The lowest BCUT2D eigenvalue weighted by molar-refractivity contribution is -0.139. The molecule has 0 fully saturated rings. The fourth-order valence-electron chi connectivity index (χ4n) is 3.12. The van der Waals surface area contributed by atoms with E-state index in [0.29, 0.717) is 29.8 Å². The van der Waals surface area contributed by atoms with Crippen molar-refractivity contribution in [2.45, 2.75) is 19.8 Å². The molecule has 28 heavy (non-hydrogen) atoms. The standard InChI is InChI=1S/C21H20FNO5/c1-3-16-14(10-12-4-6-13(27-2)7-5-12)21(26)19-17(28-11-18(24)25)9-8-15(22)20(19)23-16/h4-9H,3,10-11H2,1-2H3,(H,23,26)(H,24,25). The Morgan fingerprint density at radius 1 is 1.18 bits per heavy atom. The number of aromatic amines is 1. The summed E-state index contributed by atoms with van der Waals surface area (Å²) in [4.78, 5) is 27.0. The highest BCUT2D eigenvalue weighted by Gasteiger charge is 2.18. The number of methoxy groups -OCH3 is 1. The van der Waals surface area contributed by atoms with Crippen LogP contribution in [-0.4, -0.2) is 29.8 Å². The fourth-order valence-corrected chi connectivity index (χ4v) is 3.12. The number of hydrogen-bond donors (Lipinski definition) is 2. The Hall–Kier alpha value is -3.35. The molecule has 0 spiro atoms. The average molecular weight is 385 g/mol. The highest BCUT2D eigenvalue weighted by molar-refractivity contribution is 5.86. The molecule has 2 aromatic carbocycles. The van der Waals surface area contributed by atoms with Gasteiger partial charge in [0.1, 0.15) is 17.3 Å². The number of aryl methyl sites for hydroxylation is 1. The molecule has 0 radical (unpaired) electrons. The topological polar surface area (TPSA) is 88.6 Å². The van der Waals surface area contributed by atoms with Crippen LogP contribution in [0.15, 0.2) is 41.2 Å². The first kappa shape index (κ1) is 19.4. The van der Waals surface area contributed by atoms with Gasteiger partial charge in [-0.1, -0.05) is 19.1 Å². The van der Waals surface area contributed by atoms with Crippen molar-refractivity contribution >= 4 is 16.9 Å². The first-order valence-corrected chi connectivity index (χ1v) is 8.78. The summed E-state index contributed by atoms with van der Waals surface area (Å²) < 4.78 is 24.7. The Labute approximate surface area is 160 Å². The first-order chi connectivity index (χ1) is 13.4. The van der Waals surface area contributed by atoms with Gasteiger partial charge in [-0.15, -0.1) is 0 Å². The molecule has 0 amide bonds. The van der Waals surface area contributed by atoms with E-state index in [2.05, 4.69) is 4.98 Å². The van der Waals surface area contributed by atoms with E-state index >= 15 is 0 Å². The Morgan fingerprint density at radius 3 is 2.50 bits per heavy atom. The van der Waals surface area contributed by atoms with Crippen molar-refractivity contribution in [3.63, 3.8) is 0 Å². The van der Waals surface area contributed by atoms with E-state index < -0.39 is 18.4 Å². The number of hydrogen-bond acceptors (Lipinski definition) is 4. The molecule has 6 nitrogen and oxygen atoms in total. The minimum Gasteiger partial charge on any atom is -0.497 e. The second-order valence-electron chi connectivity index (χ2n) is 6.27. The number of carbonyl (C=O) groups is 1. The van der Waals surface area contributed by atoms with Gasteiger partial charge in [0.05, 0.1) is 18.0 Å². The number of aliphatic carboxylic acids is 1. The van der Waals surface area contributed by atoms with E-state index in [4.69, 9.17) is 14.6 Å². The number of nitrogens with one attached hydrogen (secondary N) is 1. The molecule has 1 heterocycles. The molecule has 1 aromatic heterocycles. The molecule has 0 aliphatic rings. The zero-order valence-corrected chi connectivity index (χ0v) is 15.5. The van der Waals surface area contributed by atoms with Crippen molar-refractivity contribution in [2.75, 3.05) is 13.7 Å². The van der Waals surface area contributed by atoms with Gasteiger partial charge < -0.3 is 19.6 Å². The summed E-state index contributed by atoms with van der Waals surface area (Å²) in [7, 11) is 1.57. The fraction of sp³-hybridized carbons (Fsp3) is 0.238. The van der Waals surface area contributed by atoms with Crippen LogP contribution in [0.25, 0.3) is 10.9 Å². The monoisotopic (exact) mass is 385 g/mol. The van der Waals surface area contributed by atoms with Gasteiger partial charge >= 0.3 is 5.97 Å². The number of rotatable bonds is 7. The van der Waals surface area contributed by atoms with Crippen molar-refractivity contribution in [1.82, 2.24) is 4.98 Å². The van der Waals surface area contributed by atoms with Gasteiger partial charge in [0, 0.05) is 17.7 Å². The van der Waals surface area contributed by atoms with Gasteiger partial charge in [0.2, 0.25) is 0 Å². The van der Waals surface area contributed by atoms with Gasteiger partial charge in [0.25, 0.3) is 0 Å². The largest absolute Gasteiger partial charge is 0.497 e. The highest BCUT2D eigenvalue weighted by atomic mass is 19.1. The zero-order valence-electron chi connectivity index (χ0n) is 15.5. The first-order valence-electron chi connectivity index (χ1n) is 8.78. The van der Waals surface area contributed by atoms with Crippen molar-refractivity contribution in [3.8, 4) is 11.5 Å². The summed E-state index contributed by atoms with van der Waals surface area (Å²) in [6, 6.07) is 9.75. The van der Waals surface area contributed by atoms with Crippen LogP contribution in [0.1, 0.15) is 23.7 Å². The molecule has 146 valence electrons. The maximum absolute atomic E-state index is 14.3. The zero-order chi connectivity index (χ0) is 20.3. The molecular weight excluding hydrogens is 365 g/mol. The van der Waals surface area contributed by atoms with Gasteiger partial charge in [-0.05, 0) is 36.2 Å². The summed E-state index contributed by atoms with van der Waals surface area (Å²) in [5.74, 6) is -1.03. The summed E-state index contributed by atoms with van der Waals surface area (Å²) >= 11 is 0. The minimum absolute atomic E-state index is 0.0157. The van der Waals surface area contributed by atoms with E-state index in [1.165, 1.54) is 6.07 Å². The van der Waals surface area contributed by atoms with Crippen LogP contribution < -0.4 is 14.9 Å². The number of aromatic nitrogens is 1. The molecule has 0 saturated carbocycles. The number of carboxylic acid groups (broad SMARTS) is 1. The van der Waals surface area contributed by atoms with Crippen molar-refractivity contribution in [3.05, 3.63) is 69.3 Å². The minimum atomic E-state index is -1.18. The maximum Gasteiger partial charge on any atom is 0.341 e. The average Bonchev–Trinajstić information content (AvgIpc) is 2.69. The lowest BCUT2D eigenvalue weighted by Gasteiger charge is -2.13. The van der Waals surface area contributed by atoms with Crippen LogP contribution >= 0.6 is 0 Å².